The van der Waals surface area contributed by atoms with Gasteiger partial charge < -0.3 is 15.8 Å². The number of halogens is 7. The second kappa shape index (κ2) is 10.9. The molecule has 0 bridgehead atoms. The average Bonchev–Trinajstić information content (AvgIpc) is 3.24. The van der Waals surface area contributed by atoms with Gasteiger partial charge in [-0.3, -0.25) is 14.5 Å². The minimum Gasteiger partial charge on any atom is -0.445 e. The minimum atomic E-state index is -5.43. The Bertz CT molecular complexity index is 993. The molecule has 1 aromatic carbocycles. The lowest BCUT2D eigenvalue weighted by Gasteiger charge is -2.34. The molecular weight excluding hydrogens is 520 g/mol. The molecule has 1 aliphatic heterocycles. The first-order valence-corrected chi connectivity index (χ1v) is 11.1. The van der Waals surface area contributed by atoms with Gasteiger partial charge >= 0.3 is 18.3 Å². The van der Waals surface area contributed by atoms with Gasteiger partial charge in [-0.2, -0.15) is 26.3 Å². The van der Waals surface area contributed by atoms with Crippen molar-refractivity contribution in [2.24, 2.45) is 17.1 Å². The van der Waals surface area contributed by atoms with Crippen LogP contribution < -0.4 is 11.1 Å². The fraction of sp³-hybridized carbons (Fsp3) is 0.591. The van der Waals surface area contributed by atoms with Crippen LogP contribution in [0.5, 0.6) is 0 Å². The summed E-state index contributed by atoms with van der Waals surface area (Å²) in [6.07, 6.45) is -12.8. The minimum absolute atomic E-state index is 0.0632. The van der Waals surface area contributed by atoms with E-state index >= 15 is 0 Å². The maximum Gasteiger partial charge on any atom is 0.490 e. The summed E-state index contributed by atoms with van der Waals surface area (Å²) in [6.45, 7) is 2.70. The highest BCUT2D eigenvalue weighted by atomic mass is 35.5. The van der Waals surface area contributed by atoms with Gasteiger partial charge in [0.2, 0.25) is 5.91 Å². The van der Waals surface area contributed by atoms with E-state index in [4.69, 9.17) is 17.3 Å². The Morgan fingerprint density at radius 1 is 1.14 bits per heavy atom. The number of amides is 2. The Balaban J connectivity index is 2.50. The number of esters is 1. The molecule has 0 saturated carbocycles. The van der Waals surface area contributed by atoms with Crippen LogP contribution in [-0.4, -0.2) is 53.7 Å². The van der Waals surface area contributed by atoms with Gasteiger partial charge in [0, 0.05) is 23.5 Å². The van der Waals surface area contributed by atoms with Gasteiger partial charge in [-0.05, 0) is 29.7 Å². The second-order valence-corrected chi connectivity index (χ2v) is 9.90. The van der Waals surface area contributed by atoms with Crippen LogP contribution in [0.4, 0.5) is 26.3 Å². The number of carbonyl (C=O) groups excluding carboxylic acids is 3. The van der Waals surface area contributed by atoms with E-state index in [1.807, 2.05) is 0 Å². The highest BCUT2D eigenvalue weighted by Gasteiger charge is 2.50. The number of benzene rings is 1. The number of imide groups is 1. The Labute approximate surface area is 208 Å². The predicted molar refractivity (Wildman–Crippen MR) is 116 cm³/mol. The Morgan fingerprint density at radius 3 is 2.22 bits per heavy atom. The molecule has 36 heavy (non-hydrogen) atoms. The van der Waals surface area contributed by atoms with E-state index in [1.165, 1.54) is 39.0 Å². The lowest BCUT2D eigenvalue weighted by Crippen LogP contribution is -2.54. The highest BCUT2D eigenvalue weighted by molar-refractivity contribution is 6.30. The molecule has 2 amide bonds. The lowest BCUT2D eigenvalue weighted by atomic mass is 9.87. The number of nitrogens with two attached hydrogens (primary N) is 1. The van der Waals surface area contributed by atoms with E-state index in [-0.39, 0.29) is 17.1 Å². The van der Waals surface area contributed by atoms with Crippen molar-refractivity contribution in [1.29, 1.82) is 0 Å². The summed E-state index contributed by atoms with van der Waals surface area (Å²) >= 11 is 6.01. The molecule has 1 heterocycles. The van der Waals surface area contributed by atoms with Crippen molar-refractivity contribution >= 4 is 29.4 Å². The number of hydrogen-bond acceptors (Lipinski definition) is 6. The second-order valence-electron chi connectivity index (χ2n) is 9.46. The van der Waals surface area contributed by atoms with Gasteiger partial charge in [-0.1, -0.05) is 38.4 Å². The molecule has 3 atom stereocenters. The fourth-order valence-electron chi connectivity index (χ4n) is 3.65. The van der Waals surface area contributed by atoms with Crippen molar-refractivity contribution < 1.29 is 45.5 Å². The molecule has 7 nitrogen and oxygen atoms in total. The van der Waals surface area contributed by atoms with Crippen LogP contribution in [0.2, 0.25) is 5.02 Å². The molecule has 0 aliphatic carbocycles. The first-order valence-electron chi connectivity index (χ1n) is 10.8. The van der Waals surface area contributed by atoms with Crippen LogP contribution in [0.15, 0.2) is 18.2 Å². The standard InChI is InChI=1S/C22H26ClF6N3O4/c1-20(2,3)16(36-19(35)22(27,28)29)18(34)32(10-12-6-14(23)5-4-11(12)8-30)17(33)15-7-13(9-31-15)21(24,25)26/h4-6,13,15-16,31H,7-10,30H2,1-3H3/t13-,15-,16+/m0/s1. The third kappa shape index (κ3) is 7.32. The van der Waals surface area contributed by atoms with Crippen molar-refractivity contribution in [3.8, 4) is 0 Å². The molecule has 202 valence electrons. The first kappa shape index (κ1) is 29.8. The number of alkyl halides is 6. The molecule has 2 rings (SSSR count). The molecule has 14 heteroatoms. The van der Waals surface area contributed by atoms with Crippen molar-refractivity contribution in [3.05, 3.63) is 34.3 Å². The first-order chi connectivity index (χ1) is 16.4. The van der Waals surface area contributed by atoms with Crippen LogP contribution in [0, 0.1) is 11.3 Å². The predicted octanol–water partition coefficient (Wildman–Crippen LogP) is 3.71. The molecule has 0 spiro atoms. The van der Waals surface area contributed by atoms with E-state index in [0.717, 1.165) is 0 Å². The van der Waals surface area contributed by atoms with Gasteiger partial charge in [0.05, 0.1) is 18.5 Å². The van der Waals surface area contributed by atoms with Gasteiger partial charge in [0.1, 0.15) is 0 Å². The number of nitrogens with zero attached hydrogens (tertiary/aromatic N) is 1. The summed E-state index contributed by atoms with van der Waals surface area (Å²) < 4.78 is 82.7. The molecule has 0 unspecified atom stereocenters. The molecule has 1 saturated heterocycles. The lowest BCUT2D eigenvalue weighted by molar-refractivity contribution is -0.211. The number of rotatable bonds is 6. The summed E-state index contributed by atoms with van der Waals surface area (Å²) in [5.41, 5.74) is 4.95. The van der Waals surface area contributed by atoms with Crippen molar-refractivity contribution in [1.82, 2.24) is 10.2 Å². The van der Waals surface area contributed by atoms with Gasteiger partial charge in [0.25, 0.3) is 5.91 Å². The molecule has 1 fully saturated rings. The van der Waals surface area contributed by atoms with Gasteiger partial charge in [-0.15, -0.1) is 0 Å². The third-order valence-electron chi connectivity index (χ3n) is 5.61. The quantitative estimate of drug-likeness (QED) is 0.417. The maximum absolute atomic E-state index is 13.5. The van der Waals surface area contributed by atoms with Crippen molar-refractivity contribution in [3.63, 3.8) is 0 Å². The smallest absolute Gasteiger partial charge is 0.445 e. The van der Waals surface area contributed by atoms with E-state index in [9.17, 15) is 40.7 Å². The topological polar surface area (TPSA) is 102 Å². The Hall–Kier alpha value is -2.38. The summed E-state index contributed by atoms with van der Waals surface area (Å²) in [6, 6.07) is 2.89. The fourth-order valence-corrected chi connectivity index (χ4v) is 3.84. The number of hydrogen-bond donors (Lipinski definition) is 2. The molecule has 0 aromatic heterocycles. The van der Waals surface area contributed by atoms with E-state index in [2.05, 4.69) is 10.1 Å². The molecule has 1 aliphatic rings. The Kier molecular flexibility index (Phi) is 9.06. The molecule has 3 N–H and O–H groups in total. The third-order valence-corrected chi connectivity index (χ3v) is 5.84. The molecular formula is C22H26ClF6N3O4. The SMILES string of the molecule is CC(C)(C)[C@H](OC(=O)C(F)(F)F)C(=O)N(Cc1cc(Cl)ccc1CN)C(=O)[C@@H]1C[C@H](C(F)(F)F)CN1. The number of ether oxygens (including phenoxy) is 1. The summed E-state index contributed by atoms with van der Waals surface area (Å²) in [5.74, 6) is -6.96. The molecule has 1 aromatic rings. The monoisotopic (exact) mass is 545 g/mol. The normalized spacial score (nSPS) is 19.6. The van der Waals surface area contributed by atoms with Crippen LogP contribution in [0.25, 0.3) is 0 Å². The highest BCUT2D eigenvalue weighted by Crippen LogP contribution is 2.34. The summed E-state index contributed by atoms with van der Waals surface area (Å²) in [4.78, 5) is 38.8. The van der Waals surface area contributed by atoms with Crippen molar-refractivity contribution in [2.75, 3.05) is 6.54 Å². The summed E-state index contributed by atoms with van der Waals surface area (Å²) in [7, 11) is 0. The van der Waals surface area contributed by atoms with E-state index < -0.39 is 73.1 Å². The van der Waals surface area contributed by atoms with Crippen molar-refractivity contribution in [2.45, 2.75) is 64.8 Å². The zero-order valence-corrected chi connectivity index (χ0v) is 20.4. The zero-order valence-electron chi connectivity index (χ0n) is 19.6. The number of nitrogens with one attached hydrogen (secondary N) is 1. The van der Waals surface area contributed by atoms with Crippen LogP contribution in [0.1, 0.15) is 38.3 Å². The zero-order chi connectivity index (χ0) is 27.6. The van der Waals surface area contributed by atoms with Crippen LogP contribution in [-0.2, 0) is 32.2 Å². The van der Waals surface area contributed by atoms with Crippen LogP contribution in [0.3, 0.4) is 0 Å². The maximum atomic E-state index is 13.5. The van der Waals surface area contributed by atoms with Gasteiger partial charge in [-0.25, -0.2) is 4.79 Å². The van der Waals surface area contributed by atoms with Gasteiger partial charge in [0.15, 0.2) is 6.10 Å². The summed E-state index contributed by atoms with van der Waals surface area (Å²) in [5, 5.41) is 2.60. The largest absolute Gasteiger partial charge is 0.490 e. The number of carbonyl (C=O) groups is 3. The Morgan fingerprint density at radius 2 is 1.75 bits per heavy atom. The van der Waals surface area contributed by atoms with Crippen LogP contribution >= 0.6 is 11.6 Å². The van der Waals surface area contributed by atoms with E-state index in [1.54, 1.807) is 0 Å². The molecule has 0 radical (unpaired) electrons. The van der Waals surface area contributed by atoms with E-state index in [0.29, 0.717) is 10.5 Å². The average molecular weight is 546 g/mol.